The number of ether oxygens (including phenoxy) is 1. The summed E-state index contributed by atoms with van der Waals surface area (Å²) in [6, 6.07) is 7.27. The zero-order valence-corrected chi connectivity index (χ0v) is 14.8. The molecule has 0 unspecified atom stereocenters. The second kappa shape index (κ2) is 7.48. The van der Waals surface area contributed by atoms with Crippen molar-refractivity contribution >= 4 is 17.5 Å². The molecule has 0 bridgehead atoms. The molecule has 0 radical (unpaired) electrons. The zero-order chi connectivity index (χ0) is 17.8. The number of carbonyl (C=O) groups excluding carboxylic acids is 1. The third-order valence-electron chi connectivity index (χ3n) is 4.26. The lowest BCUT2D eigenvalue weighted by atomic mass is 10.2. The van der Waals surface area contributed by atoms with Gasteiger partial charge in [0.15, 0.2) is 0 Å². The third kappa shape index (κ3) is 4.06. The summed E-state index contributed by atoms with van der Waals surface area (Å²) in [6.07, 6.45) is 1.63. The minimum absolute atomic E-state index is 0.276. The quantitative estimate of drug-likeness (QED) is 0.914. The van der Waals surface area contributed by atoms with Gasteiger partial charge in [-0.2, -0.15) is 0 Å². The number of aromatic nitrogens is 2. The number of nitrogens with one attached hydrogen (secondary N) is 1. The Labute approximate surface area is 147 Å². The van der Waals surface area contributed by atoms with E-state index in [2.05, 4.69) is 32.1 Å². The van der Waals surface area contributed by atoms with Crippen LogP contribution in [0.1, 0.15) is 16.1 Å². The molecule has 2 aromatic rings. The van der Waals surface area contributed by atoms with Crippen LogP contribution >= 0.6 is 0 Å². The Balaban J connectivity index is 1.77. The topological polar surface area (TPSA) is 70.6 Å². The van der Waals surface area contributed by atoms with Gasteiger partial charge >= 0.3 is 0 Å². The summed E-state index contributed by atoms with van der Waals surface area (Å²) in [5.41, 5.74) is 2.01. The van der Waals surface area contributed by atoms with Crippen LogP contribution in [-0.4, -0.2) is 61.1 Å². The number of aryl methyl sites for hydroxylation is 1. The maximum Gasteiger partial charge on any atom is 0.274 e. The molecule has 7 nitrogen and oxygen atoms in total. The highest BCUT2D eigenvalue weighted by Crippen LogP contribution is 2.25. The fourth-order valence-electron chi connectivity index (χ4n) is 2.74. The highest BCUT2D eigenvalue weighted by atomic mass is 16.5. The van der Waals surface area contributed by atoms with Crippen molar-refractivity contribution in [3.05, 3.63) is 41.7 Å². The van der Waals surface area contributed by atoms with Crippen LogP contribution in [0.4, 0.5) is 11.6 Å². The molecule has 1 saturated heterocycles. The van der Waals surface area contributed by atoms with Crippen molar-refractivity contribution in [1.29, 1.82) is 0 Å². The Morgan fingerprint density at radius 1 is 1.20 bits per heavy atom. The first kappa shape index (κ1) is 17.2. The van der Waals surface area contributed by atoms with Gasteiger partial charge in [0, 0.05) is 32.4 Å². The number of methoxy groups -OCH3 is 1. The first-order valence-electron chi connectivity index (χ1n) is 8.29. The Hall–Kier alpha value is -2.67. The van der Waals surface area contributed by atoms with Gasteiger partial charge in [-0.3, -0.25) is 4.79 Å². The molecular weight excluding hydrogens is 318 g/mol. The minimum atomic E-state index is -0.276. The predicted molar refractivity (Wildman–Crippen MR) is 97.4 cm³/mol. The first-order chi connectivity index (χ1) is 12.1. The van der Waals surface area contributed by atoms with Crippen molar-refractivity contribution in [3.63, 3.8) is 0 Å². The molecule has 1 aromatic carbocycles. The van der Waals surface area contributed by atoms with Crippen LogP contribution in [0, 0.1) is 6.92 Å². The Bertz CT molecular complexity index is 757. The molecule has 1 aliphatic rings. The van der Waals surface area contributed by atoms with Crippen LogP contribution in [-0.2, 0) is 0 Å². The van der Waals surface area contributed by atoms with Crippen LogP contribution in [0.5, 0.6) is 5.75 Å². The Morgan fingerprint density at radius 3 is 2.68 bits per heavy atom. The van der Waals surface area contributed by atoms with E-state index in [0.29, 0.717) is 23.1 Å². The van der Waals surface area contributed by atoms with Gasteiger partial charge in [-0.25, -0.2) is 9.97 Å². The summed E-state index contributed by atoms with van der Waals surface area (Å²) in [7, 11) is 3.67. The Morgan fingerprint density at radius 2 is 1.96 bits per heavy atom. The fraction of sp³-hybridized carbons (Fsp3) is 0.389. The molecule has 132 valence electrons. The molecule has 1 aliphatic heterocycles. The summed E-state index contributed by atoms with van der Waals surface area (Å²) >= 11 is 0. The first-order valence-corrected chi connectivity index (χ1v) is 8.29. The largest absolute Gasteiger partial charge is 0.495 e. The molecule has 0 spiro atoms. The Kier molecular flexibility index (Phi) is 5.14. The van der Waals surface area contributed by atoms with E-state index in [1.54, 1.807) is 19.4 Å². The van der Waals surface area contributed by atoms with E-state index in [1.807, 2.05) is 25.1 Å². The third-order valence-corrected chi connectivity index (χ3v) is 4.26. The number of anilines is 2. The van der Waals surface area contributed by atoms with Gasteiger partial charge in [-0.15, -0.1) is 0 Å². The highest BCUT2D eigenvalue weighted by Gasteiger charge is 2.18. The van der Waals surface area contributed by atoms with Crippen LogP contribution in [0.15, 0.2) is 30.5 Å². The predicted octanol–water partition coefficient (Wildman–Crippen LogP) is 1.80. The maximum absolute atomic E-state index is 12.6. The second-order valence-electron chi connectivity index (χ2n) is 6.19. The van der Waals surface area contributed by atoms with E-state index in [1.165, 1.54) is 0 Å². The number of hydrogen-bond acceptors (Lipinski definition) is 6. The van der Waals surface area contributed by atoms with E-state index in [9.17, 15) is 4.79 Å². The van der Waals surface area contributed by atoms with E-state index in [0.717, 1.165) is 31.7 Å². The number of likely N-dealkylation sites (N-methyl/N-ethyl adjacent to an activating group) is 1. The van der Waals surface area contributed by atoms with Crippen molar-refractivity contribution in [2.24, 2.45) is 0 Å². The SMILES string of the molecule is COc1ccc(C)cc1NC(=O)c1ccnc(N2CCN(C)CC2)n1. The molecule has 25 heavy (non-hydrogen) atoms. The molecule has 7 heteroatoms. The average Bonchev–Trinajstić information content (AvgIpc) is 2.62. The van der Waals surface area contributed by atoms with Gasteiger partial charge in [0.05, 0.1) is 12.8 Å². The standard InChI is InChI=1S/C18H23N5O2/c1-13-4-5-16(25-3)15(12-13)20-17(24)14-6-7-19-18(21-14)23-10-8-22(2)9-11-23/h4-7,12H,8-11H2,1-3H3,(H,20,24). The van der Waals surface area contributed by atoms with Gasteiger partial charge < -0.3 is 19.9 Å². The average molecular weight is 341 g/mol. The molecule has 1 fully saturated rings. The second-order valence-corrected chi connectivity index (χ2v) is 6.19. The van der Waals surface area contributed by atoms with Crippen molar-refractivity contribution < 1.29 is 9.53 Å². The molecule has 1 aromatic heterocycles. The number of hydrogen-bond donors (Lipinski definition) is 1. The van der Waals surface area contributed by atoms with Crippen molar-refractivity contribution in [2.45, 2.75) is 6.92 Å². The van der Waals surface area contributed by atoms with Crippen LogP contribution in [0.25, 0.3) is 0 Å². The highest BCUT2D eigenvalue weighted by molar-refractivity contribution is 6.03. The van der Waals surface area contributed by atoms with Gasteiger partial charge in [-0.1, -0.05) is 6.07 Å². The smallest absolute Gasteiger partial charge is 0.274 e. The van der Waals surface area contributed by atoms with E-state index >= 15 is 0 Å². The van der Waals surface area contributed by atoms with Crippen LogP contribution in [0.3, 0.4) is 0 Å². The van der Waals surface area contributed by atoms with Gasteiger partial charge in [0.1, 0.15) is 11.4 Å². The zero-order valence-electron chi connectivity index (χ0n) is 14.8. The number of amides is 1. The lowest BCUT2D eigenvalue weighted by Gasteiger charge is -2.32. The summed E-state index contributed by atoms with van der Waals surface area (Å²) in [5.74, 6) is 0.936. The molecule has 1 amide bonds. The summed E-state index contributed by atoms with van der Waals surface area (Å²) in [4.78, 5) is 25.7. The lowest BCUT2D eigenvalue weighted by molar-refractivity contribution is 0.102. The van der Waals surface area contributed by atoms with Gasteiger partial charge in [0.25, 0.3) is 5.91 Å². The van der Waals surface area contributed by atoms with Gasteiger partial charge in [0.2, 0.25) is 5.95 Å². The van der Waals surface area contributed by atoms with Crippen LogP contribution in [0.2, 0.25) is 0 Å². The maximum atomic E-state index is 12.6. The number of carbonyl (C=O) groups is 1. The van der Waals surface area contributed by atoms with Gasteiger partial charge in [-0.05, 0) is 37.7 Å². The minimum Gasteiger partial charge on any atom is -0.495 e. The summed E-state index contributed by atoms with van der Waals surface area (Å²) in [5, 5.41) is 2.87. The van der Waals surface area contributed by atoms with E-state index < -0.39 is 0 Å². The molecule has 1 N–H and O–H groups in total. The number of nitrogens with zero attached hydrogens (tertiary/aromatic N) is 4. The van der Waals surface area contributed by atoms with Crippen molar-refractivity contribution in [3.8, 4) is 5.75 Å². The summed E-state index contributed by atoms with van der Waals surface area (Å²) < 4.78 is 5.31. The molecule has 0 aliphatic carbocycles. The molecule has 2 heterocycles. The normalized spacial score (nSPS) is 15.1. The van der Waals surface area contributed by atoms with E-state index in [-0.39, 0.29) is 5.91 Å². The number of rotatable bonds is 4. The van der Waals surface area contributed by atoms with Crippen molar-refractivity contribution in [1.82, 2.24) is 14.9 Å². The number of benzene rings is 1. The van der Waals surface area contributed by atoms with Crippen molar-refractivity contribution in [2.75, 3.05) is 50.6 Å². The lowest BCUT2D eigenvalue weighted by Crippen LogP contribution is -2.45. The molecule has 0 saturated carbocycles. The number of piperazine rings is 1. The summed E-state index contributed by atoms with van der Waals surface area (Å²) in [6.45, 7) is 5.59. The fourth-order valence-corrected chi connectivity index (χ4v) is 2.74. The van der Waals surface area contributed by atoms with Crippen LogP contribution < -0.4 is 15.0 Å². The molecular formula is C18H23N5O2. The monoisotopic (exact) mass is 341 g/mol. The van der Waals surface area contributed by atoms with E-state index in [4.69, 9.17) is 4.74 Å². The molecule has 3 rings (SSSR count). The molecule has 0 atom stereocenters.